The second kappa shape index (κ2) is 3.08. The van der Waals surface area contributed by atoms with Crippen molar-refractivity contribution < 1.29 is 13.5 Å². The maximum Gasteiger partial charge on any atom is 0.214 e. The summed E-state index contributed by atoms with van der Waals surface area (Å²) in [5.74, 6) is 0.0251. The molecular weight excluding hydrogens is 166 g/mol. The highest BCUT2D eigenvalue weighted by Crippen LogP contribution is 2.17. The summed E-state index contributed by atoms with van der Waals surface area (Å²) < 4.78 is 23.8. The molecule has 66 valence electrons. The SMILES string of the molecule is CCN1CC(CO)CS1(=O)=O. The molecule has 0 radical (unpaired) electrons. The van der Waals surface area contributed by atoms with Crippen LogP contribution in [0.5, 0.6) is 0 Å². The number of hydrogen-bond acceptors (Lipinski definition) is 3. The van der Waals surface area contributed by atoms with Crippen molar-refractivity contribution in [3.63, 3.8) is 0 Å². The minimum atomic E-state index is -3.03. The molecule has 0 spiro atoms. The molecule has 0 aromatic rings. The van der Waals surface area contributed by atoms with Gasteiger partial charge in [-0.05, 0) is 0 Å². The largest absolute Gasteiger partial charge is 0.396 e. The quantitative estimate of drug-likeness (QED) is 0.607. The summed E-state index contributed by atoms with van der Waals surface area (Å²) in [5.41, 5.74) is 0. The van der Waals surface area contributed by atoms with Gasteiger partial charge in [-0.25, -0.2) is 12.7 Å². The Morgan fingerprint density at radius 1 is 1.64 bits per heavy atom. The zero-order valence-electron chi connectivity index (χ0n) is 6.52. The Hall–Kier alpha value is -0.130. The van der Waals surface area contributed by atoms with Crippen LogP contribution in [0, 0.1) is 5.92 Å². The Morgan fingerprint density at radius 2 is 2.27 bits per heavy atom. The molecule has 1 N–H and O–H groups in total. The summed E-state index contributed by atoms with van der Waals surface area (Å²) >= 11 is 0. The Kier molecular flexibility index (Phi) is 2.51. The molecule has 0 saturated carbocycles. The molecule has 0 bridgehead atoms. The van der Waals surface area contributed by atoms with Crippen LogP contribution in [0.3, 0.4) is 0 Å². The van der Waals surface area contributed by atoms with Crippen LogP contribution in [0.1, 0.15) is 6.92 Å². The van der Waals surface area contributed by atoms with E-state index in [4.69, 9.17) is 5.11 Å². The first-order chi connectivity index (χ1) is 5.10. The van der Waals surface area contributed by atoms with Crippen molar-refractivity contribution in [3.8, 4) is 0 Å². The number of hydrogen-bond donors (Lipinski definition) is 1. The maximum absolute atomic E-state index is 11.2. The Balaban J connectivity index is 2.71. The molecule has 0 aromatic heterocycles. The number of nitrogens with zero attached hydrogens (tertiary/aromatic N) is 1. The van der Waals surface area contributed by atoms with Gasteiger partial charge < -0.3 is 5.11 Å². The van der Waals surface area contributed by atoms with E-state index in [0.29, 0.717) is 13.1 Å². The Bertz CT molecular complexity index is 224. The smallest absolute Gasteiger partial charge is 0.214 e. The molecular formula is C6H13NO3S. The lowest BCUT2D eigenvalue weighted by molar-refractivity contribution is 0.230. The molecule has 4 nitrogen and oxygen atoms in total. The van der Waals surface area contributed by atoms with Crippen molar-refractivity contribution in [2.24, 2.45) is 5.92 Å². The highest BCUT2D eigenvalue weighted by atomic mass is 32.2. The van der Waals surface area contributed by atoms with Gasteiger partial charge in [0.1, 0.15) is 0 Å². The first-order valence-corrected chi connectivity index (χ1v) is 5.29. The number of aliphatic hydroxyl groups excluding tert-OH is 1. The van der Waals surface area contributed by atoms with Crippen LogP contribution < -0.4 is 0 Å². The number of rotatable bonds is 2. The van der Waals surface area contributed by atoms with E-state index in [1.165, 1.54) is 4.31 Å². The standard InChI is InChI=1S/C6H13NO3S/c1-2-7-3-6(4-8)5-11(7,9)10/h6,8H,2-5H2,1H3. The van der Waals surface area contributed by atoms with Crippen LogP contribution in [0.15, 0.2) is 0 Å². The fourth-order valence-corrected chi connectivity index (χ4v) is 3.14. The molecule has 0 aliphatic carbocycles. The summed E-state index contributed by atoms with van der Waals surface area (Å²) in [7, 11) is -3.03. The van der Waals surface area contributed by atoms with Gasteiger partial charge in [0.25, 0.3) is 0 Å². The van der Waals surface area contributed by atoms with Crippen LogP contribution >= 0.6 is 0 Å². The van der Waals surface area contributed by atoms with Crippen molar-refractivity contribution in [2.75, 3.05) is 25.4 Å². The van der Waals surface area contributed by atoms with E-state index >= 15 is 0 Å². The van der Waals surface area contributed by atoms with Crippen LogP contribution in [-0.4, -0.2) is 43.3 Å². The average molecular weight is 179 g/mol. The van der Waals surface area contributed by atoms with Crippen LogP contribution in [0.2, 0.25) is 0 Å². The van der Waals surface area contributed by atoms with Gasteiger partial charge in [-0.1, -0.05) is 6.92 Å². The van der Waals surface area contributed by atoms with Crippen molar-refractivity contribution >= 4 is 10.0 Å². The van der Waals surface area contributed by atoms with Crippen LogP contribution in [-0.2, 0) is 10.0 Å². The first-order valence-electron chi connectivity index (χ1n) is 3.69. The molecule has 1 fully saturated rings. The molecule has 1 rings (SSSR count). The van der Waals surface area contributed by atoms with Gasteiger partial charge in [-0.15, -0.1) is 0 Å². The average Bonchev–Trinajstić information content (AvgIpc) is 2.24. The number of aliphatic hydroxyl groups is 1. The zero-order chi connectivity index (χ0) is 8.48. The van der Waals surface area contributed by atoms with Gasteiger partial charge in [-0.2, -0.15) is 0 Å². The number of sulfonamides is 1. The zero-order valence-corrected chi connectivity index (χ0v) is 7.34. The molecule has 0 aromatic carbocycles. The fraction of sp³-hybridized carbons (Fsp3) is 1.00. The lowest BCUT2D eigenvalue weighted by atomic mass is 10.2. The molecule has 0 amide bonds. The second-order valence-electron chi connectivity index (χ2n) is 2.78. The predicted molar refractivity (Wildman–Crippen MR) is 41.6 cm³/mol. The summed E-state index contributed by atoms with van der Waals surface area (Å²) in [4.78, 5) is 0. The molecule has 11 heavy (non-hydrogen) atoms. The fourth-order valence-electron chi connectivity index (χ4n) is 1.29. The summed E-state index contributed by atoms with van der Waals surface area (Å²) in [6.45, 7) is 2.77. The van der Waals surface area contributed by atoms with Gasteiger partial charge in [0.15, 0.2) is 0 Å². The van der Waals surface area contributed by atoms with E-state index in [9.17, 15) is 8.42 Å². The van der Waals surface area contributed by atoms with Crippen molar-refractivity contribution in [1.29, 1.82) is 0 Å². The van der Waals surface area contributed by atoms with Crippen molar-refractivity contribution in [1.82, 2.24) is 4.31 Å². The highest BCUT2D eigenvalue weighted by Gasteiger charge is 2.33. The lowest BCUT2D eigenvalue weighted by Crippen LogP contribution is -2.25. The highest BCUT2D eigenvalue weighted by molar-refractivity contribution is 7.89. The molecule has 1 heterocycles. The van der Waals surface area contributed by atoms with E-state index in [1.807, 2.05) is 0 Å². The molecule has 1 aliphatic heterocycles. The van der Waals surface area contributed by atoms with E-state index in [-0.39, 0.29) is 18.3 Å². The van der Waals surface area contributed by atoms with Gasteiger partial charge in [-0.3, -0.25) is 0 Å². The normalized spacial score (nSPS) is 30.9. The van der Waals surface area contributed by atoms with E-state index in [1.54, 1.807) is 6.92 Å². The van der Waals surface area contributed by atoms with Gasteiger partial charge in [0, 0.05) is 25.6 Å². The third-order valence-corrected chi connectivity index (χ3v) is 4.00. The summed E-state index contributed by atoms with van der Waals surface area (Å²) in [6, 6.07) is 0. The minimum absolute atomic E-state index is 0.0320. The second-order valence-corrected chi connectivity index (χ2v) is 4.79. The Morgan fingerprint density at radius 3 is 2.55 bits per heavy atom. The topological polar surface area (TPSA) is 57.6 Å². The van der Waals surface area contributed by atoms with Crippen molar-refractivity contribution in [2.45, 2.75) is 6.92 Å². The monoisotopic (exact) mass is 179 g/mol. The first kappa shape index (κ1) is 8.96. The molecule has 1 unspecified atom stereocenters. The van der Waals surface area contributed by atoms with Crippen LogP contribution in [0.4, 0.5) is 0 Å². The molecule has 1 aliphatic rings. The van der Waals surface area contributed by atoms with Gasteiger partial charge in [0.05, 0.1) is 5.75 Å². The maximum atomic E-state index is 11.2. The van der Waals surface area contributed by atoms with E-state index in [2.05, 4.69) is 0 Å². The Labute approximate surface area is 66.9 Å². The molecule has 1 saturated heterocycles. The van der Waals surface area contributed by atoms with E-state index in [0.717, 1.165) is 0 Å². The lowest BCUT2D eigenvalue weighted by Gasteiger charge is -2.09. The van der Waals surface area contributed by atoms with E-state index < -0.39 is 10.0 Å². The summed E-state index contributed by atoms with van der Waals surface area (Å²) in [5, 5.41) is 8.72. The third-order valence-electron chi connectivity index (χ3n) is 1.91. The third kappa shape index (κ3) is 1.72. The van der Waals surface area contributed by atoms with Crippen LogP contribution in [0.25, 0.3) is 0 Å². The minimum Gasteiger partial charge on any atom is -0.396 e. The van der Waals surface area contributed by atoms with Crippen molar-refractivity contribution in [3.05, 3.63) is 0 Å². The molecule has 1 atom stereocenters. The molecule has 5 heteroatoms. The summed E-state index contributed by atoms with van der Waals surface area (Å²) in [6.07, 6.45) is 0. The predicted octanol–water partition coefficient (Wildman–Crippen LogP) is -0.740. The van der Waals surface area contributed by atoms with Gasteiger partial charge >= 0.3 is 0 Å². The van der Waals surface area contributed by atoms with Gasteiger partial charge in [0.2, 0.25) is 10.0 Å².